The lowest BCUT2D eigenvalue weighted by Crippen LogP contribution is -2.24. The molecule has 18 heavy (non-hydrogen) atoms. The summed E-state index contributed by atoms with van der Waals surface area (Å²) in [6.07, 6.45) is -4.81. The highest BCUT2D eigenvalue weighted by molar-refractivity contribution is 14.2. The fraction of sp³-hybridized carbons (Fsp3) is 0.222. The summed E-state index contributed by atoms with van der Waals surface area (Å²) in [6.45, 7) is 1.71. The number of halogens is 4. The maximum absolute atomic E-state index is 12.7. The minimum atomic E-state index is -4.81. The summed E-state index contributed by atoms with van der Waals surface area (Å²) in [7, 11) is -4.11. The van der Waals surface area contributed by atoms with Crippen molar-refractivity contribution >= 4 is 34.2 Å². The first-order chi connectivity index (χ1) is 8.09. The Morgan fingerprint density at radius 1 is 1.28 bits per heavy atom. The molecule has 0 fully saturated rings. The molecule has 1 aromatic carbocycles. The number of benzene rings is 1. The third kappa shape index (κ3) is 4.80. The van der Waals surface area contributed by atoms with Crippen LogP contribution in [0.1, 0.15) is 11.1 Å². The number of hydrogen-bond donors (Lipinski definition) is 0. The molecular weight excluding hydrogens is 386 g/mol. The largest absolute Gasteiger partial charge is 0.437 e. The molecular formula is C9H7F3INO3S. The molecule has 1 aromatic rings. The Kier molecular flexibility index (Phi) is 4.59. The summed E-state index contributed by atoms with van der Waals surface area (Å²) < 4.78 is 63.1. The first-order valence-electron chi connectivity index (χ1n) is 4.45. The number of nitrogens with zero attached hydrogens (tertiary/aromatic N) is 1. The van der Waals surface area contributed by atoms with Gasteiger partial charge in [0.05, 0.1) is 0 Å². The topological polar surface area (TPSA) is 55.7 Å². The van der Waals surface area contributed by atoms with Crippen molar-refractivity contribution in [2.45, 2.75) is 13.1 Å². The number of oxime groups is 1. The van der Waals surface area contributed by atoms with Crippen LogP contribution >= 0.6 is 21.2 Å². The van der Waals surface area contributed by atoms with Gasteiger partial charge in [-0.1, -0.05) is 35.0 Å². The van der Waals surface area contributed by atoms with Gasteiger partial charge >= 0.3 is 13.5 Å². The lowest BCUT2D eigenvalue weighted by atomic mass is 10.1. The van der Waals surface area contributed by atoms with Crippen molar-refractivity contribution in [3.63, 3.8) is 0 Å². The second kappa shape index (κ2) is 5.43. The smallest absolute Gasteiger partial charge is 0.260 e. The average molecular weight is 393 g/mol. The van der Waals surface area contributed by atoms with Crippen LogP contribution in [0.3, 0.4) is 0 Å². The van der Waals surface area contributed by atoms with Crippen LogP contribution in [0.4, 0.5) is 13.2 Å². The Labute approximate surface area is 114 Å². The fourth-order valence-electron chi connectivity index (χ4n) is 1.06. The van der Waals surface area contributed by atoms with Crippen LogP contribution in [0.5, 0.6) is 0 Å². The molecule has 0 heterocycles. The van der Waals surface area contributed by atoms with E-state index in [4.69, 9.17) is 0 Å². The molecule has 0 aromatic heterocycles. The van der Waals surface area contributed by atoms with Crippen LogP contribution in [-0.4, -0.2) is 20.3 Å². The summed E-state index contributed by atoms with van der Waals surface area (Å²) in [5.74, 6) is 0. The predicted molar refractivity (Wildman–Crippen MR) is 67.8 cm³/mol. The van der Waals surface area contributed by atoms with E-state index in [1.165, 1.54) is 24.3 Å². The lowest BCUT2D eigenvalue weighted by Gasteiger charge is -2.09. The number of hydrogen-bond acceptors (Lipinski definition) is 4. The highest BCUT2D eigenvalue weighted by atomic mass is 127. The lowest BCUT2D eigenvalue weighted by molar-refractivity contribution is -0.0596. The predicted octanol–water partition coefficient (Wildman–Crippen LogP) is 2.96. The van der Waals surface area contributed by atoms with Crippen molar-refractivity contribution in [3.8, 4) is 0 Å². The standard InChI is InChI=1S/C9H7F3INO3S/c1-6-2-4-7(5-3-6)8(9(10,11)12)14-17-18(13,15)16/h2-5H,1H3. The summed E-state index contributed by atoms with van der Waals surface area (Å²) >= 11 is 0.838. The molecule has 0 spiro atoms. The van der Waals surface area contributed by atoms with Gasteiger partial charge in [-0.15, -0.1) is 0 Å². The van der Waals surface area contributed by atoms with E-state index in [-0.39, 0.29) is 5.56 Å². The Balaban J connectivity index is 3.19. The molecule has 0 unspecified atom stereocenters. The molecule has 9 heteroatoms. The fourth-order valence-corrected chi connectivity index (χ4v) is 1.47. The molecule has 0 radical (unpaired) electrons. The molecule has 0 aliphatic rings. The van der Waals surface area contributed by atoms with E-state index >= 15 is 0 Å². The van der Waals surface area contributed by atoms with Gasteiger partial charge in [0.15, 0.2) is 5.71 Å². The van der Waals surface area contributed by atoms with Crippen LogP contribution in [0.2, 0.25) is 0 Å². The monoisotopic (exact) mass is 393 g/mol. The quantitative estimate of drug-likeness (QED) is 0.344. The second-order valence-corrected chi connectivity index (χ2v) is 7.44. The number of aryl methyl sites for hydroxylation is 1. The van der Waals surface area contributed by atoms with Gasteiger partial charge in [0.2, 0.25) is 0 Å². The van der Waals surface area contributed by atoms with E-state index in [1.54, 1.807) is 6.92 Å². The van der Waals surface area contributed by atoms with Gasteiger partial charge in [0.1, 0.15) is 21.2 Å². The van der Waals surface area contributed by atoms with Crippen LogP contribution in [0.15, 0.2) is 29.4 Å². The van der Waals surface area contributed by atoms with Crippen molar-refractivity contribution in [2.24, 2.45) is 5.16 Å². The molecule has 0 atom stereocenters. The van der Waals surface area contributed by atoms with E-state index in [0.717, 1.165) is 26.8 Å². The van der Waals surface area contributed by atoms with E-state index in [0.29, 0.717) is 0 Å². The van der Waals surface area contributed by atoms with E-state index < -0.39 is 19.2 Å². The molecule has 0 bridgehead atoms. The maximum Gasteiger partial charge on any atom is 0.437 e. The summed E-state index contributed by atoms with van der Waals surface area (Å²) in [5, 5.41) is 2.66. The van der Waals surface area contributed by atoms with Crippen LogP contribution < -0.4 is 0 Å². The highest BCUT2D eigenvalue weighted by Crippen LogP contribution is 2.23. The molecule has 0 amide bonds. The van der Waals surface area contributed by atoms with Crippen molar-refractivity contribution in [1.82, 2.24) is 0 Å². The van der Waals surface area contributed by atoms with E-state index in [1.807, 2.05) is 0 Å². The average Bonchev–Trinajstić information content (AvgIpc) is 2.17. The first kappa shape index (κ1) is 15.2. The van der Waals surface area contributed by atoms with Crippen molar-refractivity contribution in [1.29, 1.82) is 0 Å². The van der Waals surface area contributed by atoms with Gasteiger partial charge in [-0.05, 0) is 6.92 Å². The van der Waals surface area contributed by atoms with E-state index in [2.05, 4.69) is 9.44 Å². The molecule has 1 rings (SSSR count). The molecule has 100 valence electrons. The number of rotatable bonds is 3. The van der Waals surface area contributed by atoms with Gasteiger partial charge < -0.3 is 0 Å². The third-order valence-electron chi connectivity index (χ3n) is 1.81. The molecule has 0 aliphatic carbocycles. The summed E-state index contributed by atoms with van der Waals surface area (Å²) in [4.78, 5) is 0. The molecule has 0 N–H and O–H groups in total. The summed E-state index contributed by atoms with van der Waals surface area (Å²) in [5.41, 5.74) is -0.904. The van der Waals surface area contributed by atoms with Crippen molar-refractivity contribution < 1.29 is 25.9 Å². The zero-order chi connectivity index (χ0) is 14.0. The van der Waals surface area contributed by atoms with E-state index in [9.17, 15) is 21.6 Å². The normalized spacial score (nSPS) is 13.5. The molecule has 4 nitrogen and oxygen atoms in total. The van der Waals surface area contributed by atoms with Gasteiger partial charge in [-0.25, -0.2) is 0 Å². The maximum atomic E-state index is 12.7. The summed E-state index contributed by atoms with van der Waals surface area (Å²) in [6, 6.07) is 5.28. The van der Waals surface area contributed by atoms with Gasteiger partial charge in [0.25, 0.3) is 0 Å². The minimum absolute atomic E-state index is 0.270. The van der Waals surface area contributed by atoms with Gasteiger partial charge in [-0.2, -0.15) is 21.6 Å². The van der Waals surface area contributed by atoms with Crippen molar-refractivity contribution in [2.75, 3.05) is 0 Å². The Bertz CT molecular complexity index is 551. The number of alkyl halides is 3. The Hall–Kier alpha value is -0.840. The second-order valence-electron chi connectivity index (χ2n) is 3.27. The zero-order valence-corrected chi connectivity index (χ0v) is 11.9. The van der Waals surface area contributed by atoms with Gasteiger partial charge in [-0.3, -0.25) is 4.28 Å². The van der Waals surface area contributed by atoms with Crippen LogP contribution in [-0.2, 0) is 11.6 Å². The SMILES string of the molecule is Cc1ccc(C(=NOS(=O)(=O)I)C(F)(F)F)cc1. The highest BCUT2D eigenvalue weighted by Gasteiger charge is 2.38. The minimum Gasteiger partial charge on any atom is -0.260 e. The van der Waals surface area contributed by atoms with Crippen LogP contribution in [0, 0.1) is 6.92 Å². The van der Waals surface area contributed by atoms with Crippen molar-refractivity contribution in [3.05, 3.63) is 35.4 Å². The Morgan fingerprint density at radius 2 is 1.78 bits per heavy atom. The molecule has 0 saturated heterocycles. The third-order valence-corrected chi connectivity index (χ3v) is 2.55. The zero-order valence-electron chi connectivity index (χ0n) is 8.90. The Morgan fingerprint density at radius 3 is 2.17 bits per heavy atom. The van der Waals surface area contributed by atoms with Gasteiger partial charge in [0, 0.05) is 5.56 Å². The first-order valence-corrected chi connectivity index (χ1v) is 8.40. The van der Waals surface area contributed by atoms with Crippen LogP contribution in [0.25, 0.3) is 0 Å². The molecule has 0 saturated carbocycles. The molecule has 0 aliphatic heterocycles.